The molecule has 2 aliphatic rings. The Morgan fingerprint density at radius 3 is 2.95 bits per heavy atom. The van der Waals surface area contributed by atoms with E-state index in [0.717, 1.165) is 18.4 Å². The van der Waals surface area contributed by atoms with Crippen LogP contribution in [0.1, 0.15) is 49.7 Å². The molecule has 0 spiro atoms. The van der Waals surface area contributed by atoms with E-state index in [4.69, 9.17) is 4.98 Å². The van der Waals surface area contributed by atoms with Gasteiger partial charge in [0.25, 0.3) is 0 Å². The molecular weight excluding hydrogens is 254 g/mol. The van der Waals surface area contributed by atoms with Crippen LogP contribution in [0.25, 0.3) is 0 Å². The molecule has 0 aliphatic heterocycles. The maximum absolute atomic E-state index is 4.89. The molecule has 1 aromatic rings. The maximum Gasteiger partial charge on any atom is 0.185 e. The standard InChI is InChI=1S/C15H25N3S/c1-4-16-12-6-5-7-13-14(12)19-15(17-13)18(3)9-11-8-10(11)2/h10-12,16H,4-9H2,1-3H3. The van der Waals surface area contributed by atoms with Gasteiger partial charge in [0.1, 0.15) is 0 Å². The van der Waals surface area contributed by atoms with Crippen molar-refractivity contribution in [2.75, 3.05) is 25.0 Å². The lowest BCUT2D eigenvalue weighted by atomic mass is 9.98. The minimum atomic E-state index is 0.549. The number of fused-ring (bicyclic) bond motifs is 1. The summed E-state index contributed by atoms with van der Waals surface area (Å²) in [7, 11) is 2.21. The third kappa shape index (κ3) is 2.79. The van der Waals surface area contributed by atoms with Crippen molar-refractivity contribution in [2.45, 2.75) is 45.6 Å². The van der Waals surface area contributed by atoms with Crippen LogP contribution in [-0.4, -0.2) is 25.1 Å². The summed E-state index contributed by atoms with van der Waals surface area (Å²) < 4.78 is 0. The van der Waals surface area contributed by atoms with Gasteiger partial charge in [0.05, 0.1) is 5.69 Å². The Morgan fingerprint density at radius 2 is 2.26 bits per heavy atom. The average Bonchev–Trinajstić information content (AvgIpc) is 2.92. The number of anilines is 1. The first-order valence-electron chi connectivity index (χ1n) is 7.63. The molecule has 19 heavy (non-hydrogen) atoms. The number of rotatable bonds is 5. The molecule has 4 heteroatoms. The molecule has 1 heterocycles. The number of hydrogen-bond donors (Lipinski definition) is 1. The lowest BCUT2D eigenvalue weighted by molar-refractivity contribution is 0.476. The van der Waals surface area contributed by atoms with Gasteiger partial charge in [-0.15, -0.1) is 0 Å². The van der Waals surface area contributed by atoms with Crippen LogP contribution in [-0.2, 0) is 6.42 Å². The summed E-state index contributed by atoms with van der Waals surface area (Å²) in [5.41, 5.74) is 1.35. The quantitative estimate of drug-likeness (QED) is 0.897. The van der Waals surface area contributed by atoms with Gasteiger partial charge < -0.3 is 10.2 Å². The van der Waals surface area contributed by atoms with E-state index < -0.39 is 0 Å². The van der Waals surface area contributed by atoms with Crippen molar-refractivity contribution in [1.29, 1.82) is 0 Å². The molecule has 0 bridgehead atoms. The second kappa shape index (κ2) is 5.41. The highest BCUT2D eigenvalue weighted by Gasteiger charge is 2.34. The Kier molecular flexibility index (Phi) is 3.81. The van der Waals surface area contributed by atoms with E-state index in [0.29, 0.717) is 6.04 Å². The summed E-state index contributed by atoms with van der Waals surface area (Å²) in [4.78, 5) is 8.77. The van der Waals surface area contributed by atoms with E-state index in [1.165, 1.54) is 47.9 Å². The molecule has 0 radical (unpaired) electrons. The molecule has 3 nitrogen and oxygen atoms in total. The monoisotopic (exact) mass is 279 g/mol. The van der Waals surface area contributed by atoms with Crippen LogP contribution in [0, 0.1) is 11.8 Å². The van der Waals surface area contributed by atoms with Crippen molar-refractivity contribution in [3.63, 3.8) is 0 Å². The Balaban J connectivity index is 1.73. The largest absolute Gasteiger partial charge is 0.351 e. The third-order valence-corrected chi connectivity index (χ3v) is 5.83. The van der Waals surface area contributed by atoms with Gasteiger partial charge in [-0.3, -0.25) is 0 Å². The molecule has 3 rings (SSSR count). The second-order valence-corrected chi connectivity index (χ2v) is 7.17. The topological polar surface area (TPSA) is 28.2 Å². The summed E-state index contributed by atoms with van der Waals surface area (Å²) in [6.45, 7) is 6.77. The Labute approximate surface area is 120 Å². The highest BCUT2D eigenvalue weighted by atomic mass is 32.1. The molecule has 1 saturated carbocycles. The molecular formula is C15H25N3S. The molecule has 1 fully saturated rings. The van der Waals surface area contributed by atoms with Crippen molar-refractivity contribution in [3.05, 3.63) is 10.6 Å². The van der Waals surface area contributed by atoms with Crippen LogP contribution < -0.4 is 10.2 Å². The van der Waals surface area contributed by atoms with Crippen LogP contribution in [0.5, 0.6) is 0 Å². The number of aryl methyl sites for hydroxylation is 1. The van der Waals surface area contributed by atoms with E-state index in [2.05, 4.69) is 31.1 Å². The summed E-state index contributed by atoms with van der Waals surface area (Å²) >= 11 is 1.91. The van der Waals surface area contributed by atoms with E-state index in [1.54, 1.807) is 0 Å². The second-order valence-electron chi connectivity index (χ2n) is 6.16. The fraction of sp³-hybridized carbons (Fsp3) is 0.800. The first-order chi connectivity index (χ1) is 9.19. The predicted molar refractivity (Wildman–Crippen MR) is 82.0 cm³/mol. The molecule has 3 unspecified atom stereocenters. The number of thiazole rings is 1. The Hall–Kier alpha value is -0.610. The van der Waals surface area contributed by atoms with Crippen LogP contribution in [0.3, 0.4) is 0 Å². The zero-order valence-corrected chi connectivity index (χ0v) is 13.1. The van der Waals surface area contributed by atoms with Gasteiger partial charge in [-0.1, -0.05) is 25.2 Å². The van der Waals surface area contributed by atoms with Crippen molar-refractivity contribution < 1.29 is 0 Å². The minimum Gasteiger partial charge on any atom is -0.351 e. The fourth-order valence-corrected chi connectivity index (χ4v) is 4.29. The molecule has 1 aromatic heterocycles. The fourth-order valence-electron chi connectivity index (χ4n) is 3.09. The molecule has 0 amide bonds. The smallest absolute Gasteiger partial charge is 0.185 e. The normalized spacial score (nSPS) is 29.1. The number of nitrogens with zero attached hydrogens (tertiary/aromatic N) is 2. The van der Waals surface area contributed by atoms with Crippen molar-refractivity contribution in [1.82, 2.24) is 10.3 Å². The van der Waals surface area contributed by atoms with Gasteiger partial charge in [0.15, 0.2) is 5.13 Å². The average molecular weight is 279 g/mol. The van der Waals surface area contributed by atoms with Crippen molar-refractivity contribution in [2.24, 2.45) is 11.8 Å². The molecule has 2 aliphatic carbocycles. The maximum atomic E-state index is 4.89. The summed E-state index contributed by atoms with van der Waals surface area (Å²) in [5, 5.41) is 4.84. The van der Waals surface area contributed by atoms with Gasteiger partial charge in [-0.05, 0) is 44.1 Å². The third-order valence-electron chi connectivity index (χ3n) is 4.50. The number of nitrogens with one attached hydrogen (secondary N) is 1. The molecule has 106 valence electrons. The Morgan fingerprint density at radius 1 is 1.47 bits per heavy atom. The Bertz CT molecular complexity index is 443. The predicted octanol–water partition coefficient (Wildman–Crippen LogP) is 3.22. The van der Waals surface area contributed by atoms with Crippen LogP contribution in [0.2, 0.25) is 0 Å². The van der Waals surface area contributed by atoms with E-state index >= 15 is 0 Å². The van der Waals surface area contributed by atoms with E-state index in [-0.39, 0.29) is 0 Å². The van der Waals surface area contributed by atoms with E-state index in [1.807, 2.05) is 11.3 Å². The number of hydrogen-bond acceptors (Lipinski definition) is 4. The van der Waals surface area contributed by atoms with Gasteiger partial charge in [-0.2, -0.15) is 0 Å². The van der Waals surface area contributed by atoms with Crippen LogP contribution >= 0.6 is 11.3 Å². The van der Waals surface area contributed by atoms with Crippen molar-refractivity contribution >= 4 is 16.5 Å². The van der Waals surface area contributed by atoms with Crippen molar-refractivity contribution in [3.8, 4) is 0 Å². The van der Waals surface area contributed by atoms with Gasteiger partial charge >= 0.3 is 0 Å². The molecule has 3 atom stereocenters. The summed E-state index contributed by atoms with van der Waals surface area (Å²) in [5.74, 6) is 1.82. The highest BCUT2D eigenvalue weighted by molar-refractivity contribution is 7.15. The van der Waals surface area contributed by atoms with Gasteiger partial charge in [-0.25, -0.2) is 4.98 Å². The van der Waals surface area contributed by atoms with Gasteiger partial charge in [0.2, 0.25) is 0 Å². The molecule has 0 aromatic carbocycles. The first kappa shape index (κ1) is 13.4. The van der Waals surface area contributed by atoms with E-state index in [9.17, 15) is 0 Å². The number of aromatic nitrogens is 1. The molecule has 0 saturated heterocycles. The first-order valence-corrected chi connectivity index (χ1v) is 8.44. The van der Waals surface area contributed by atoms with Crippen LogP contribution in [0.4, 0.5) is 5.13 Å². The molecule has 1 N–H and O–H groups in total. The summed E-state index contributed by atoms with van der Waals surface area (Å²) in [6.07, 6.45) is 5.11. The zero-order valence-electron chi connectivity index (χ0n) is 12.3. The lowest BCUT2D eigenvalue weighted by Crippen LogP contribution is -2.23. The highest BCUT2D eigenvalue weighted by Crippen LogP contribution is 2.41. The SMILES string of the molecule is CCNC1CCCc2nc(N(C)CC3CC3C)sc21. The zero-order chi connectivity index (χ0) is 13.4. The minimum absolute atomic E-state index is 0.549. The van der Waals surface area contributed by atoms with Crippen LogP contribution in [0.15, 0.2) is 0 Å². The lowest BCUT2D eigenvalue weighted by Gasteiger charge is -2.21. The summed E-state index contributed by atoms with van der Waals surface area (Å²) in [6, 6.07) is 0.549. The van der Waals surface area contributed by atoms with Gasteiger partial charge in [0, 0.05) is 24.5 Å².